The third-order valence-electron chi connectivity index (χ3n) is 4.10. The SMILES string of the molecule is C[C@@]1(c2cc(NC(=O)c3ncc(Cl)cc3N)ccc2F)CCSC(N)=N1. The molecule has 5 N–H and O–H groups in total. The molecule has 0 fully saturated rings. The Kier molecular flexibility index (Phi) is 5.06. The lowest BCUT2D eigenvalue weighted by Crippen LogP contribution is -2.30. The minimum absolute atomic E-state index is 0.0443. The number of halogens is 2. The highest BCUT2D eigenvalue weighted by Crippen LogP contribution is 2.37. The highest BCUT2D eigenvalue weighted by Gasteiger charge is 2.32. The van der Waals surface area contributed by atoms with Gasteiger partial charge in [-0.3, -0.25) is 9.79 Å². The second-order valence-corrected chi connectivity index (χ2v) is 7.61. The molecule has 0 unspecified atom stereocenters. The van der Waals surface area contributed by atoms with Gasteiger partial charge in [0.1, 0.15) is 5.82 Å². The van der Waals surface area contributed by atoms with Gasteiger partial charge in [-0.2, -0.15) is 0 Å². The lowest BCUT2D eigenvalue weighted by Gasteiger charge is -2.30. The van der Waals surface area contributed by atoms with Crippen LogP contribution in [0.4, 0.5) is 15.8 Å². The highest BCUT2D eigenvalue weighted by atomic mass is 35.5. The van der Waals surface area contributed by atoms with Crippen LogP contribution in [0.3, 0.4) is 0 Å². The summed E-state index contributed by atoms with van der Waals surface area (Å²) in [5.41, 5.74) is 11.8. The molecule has 1 atom stereocenters. The van der Waals surface area contributed by atoms with Crippen LogP contribution in [0.5, 0.6) is 0 Å². The van der Waals surface area contributed by atoms with Crippen LogP contribution in [0.1, 0.15) is 29.4 Å². The summed E-state index contributed by atoms with van der Waals surface area (Å²) >= 11 is 7.23. The first-order valence-electron chi connectivity index (χ1n) is 7.79. The normalized spacial score (nSPS) is 19.7. The number of pyridine rings is 1. The average Bonchev–Trinajstić information content (AvgIpc) is 2.56. The van der Waals surface area contributed by atoms with Gasteiger partial charge in [0, 0.05) is 23.2 Å². The van der Waals surface area contributed by atoms with E-state index in [9.17, 15) is 9.18 Å². The van der Waals surface area contributed by atoms with Gasteiger partial charge in [0.15, 0.2) is 10.9 Å². The number of aromatic nitrogens is 1. The van der Waals surface area contributed by atoms with Gasteiger partial charge in [-0.1, -0.05) is 23.4 Å². The molecule has 0 saturated heterocycles. The first kappa shape index (κ1) is 18.5. The molecule has 1 amide bonds. The Morgan fingerprint density at radius 1 is 1.38 bits per heavy atom. The van der Waals surface area contributed by atoms with Gasteiger partial charge >= 0.3 is 0 Å². The quantitative estimate of drug-likeness (QED) is 0.741. The second-order valence-electron chi connectivity index (χ2n) is 6.06. The molecule has 26 heavy (non-hydrogen) atoms. The van der Waals surface area contributed by atoms with E-state index in [0.717, 1.165) is 5.75 Å². The first-order valence-corrected chi connectivity index (χ1v) is 9.15. The van der Waals surface area contributed by atoms with E-state index in [0.29, 0.717) is 27.9 Å². The maximum atomic E-state index is 14.4. The molecule has 1 aromatic heterocycles. The molecule has 9 heteroatoms. The zero-order valence-electron chi connectivity index (χ0n) is 13.9. The molecule has 2 aromatic rings. The van der Waals surface area contributed by atoms with E-state index in [4.69, 9.17) is 23.1 Å². The van der Waals surface area contributed by atoms with Crippen molar-refractivity contribution in [3.05, 3.63) is 52.6 Å². The standard InChI is InChI=1S/C17H17ClFN5OS/c1-17(4-5-26-16(21)24-17)11-7-10(2-3-12(11)19)23-15(25)14-13(20)6-9(18)8-22-14/h2-3,6-8H,4-5,20H2,1H3,(H2,21,24)(H,23,25)/t17-/m0/s1. The zero-order valence-corrected chi connectivity index (χ0v) is 15.5. The van der Waals surface area contributed by atoms with E-state index >= 15 is 0 Å². The number of aliphatic imine (C=N–C) groups is 1. The van der Waals surface area contributed by atoms with Crippen LogP contribution >= 0.6 is 23.4 Å². The monoisotopic (exact) mass is 393 g/mol. The average molecular weight is 394 g/mol. The largest absolute Gasteiger partial charge is 0.397 e. The number of rotatable bonds is 3. The number of nitrogen functional groups attached to an aromatic ring is 1. The number of amidine groups is 1. The molecule has 0 aliphatic carbocycles. The van der Waals surface area contributed by atoms with Crippen molar-refractivity contribution in [2.75, 3.05) is 16.8 Å². The molecule has 2 heterocycles. The van der Waals surface area contributed by atoms with Crippen molar-refractivity contribution < 1.29 is 9.18 Å². The summed E-state index contributed by atoms with van der Waals surface area (Å²) < 4.78 is 14.4. The van der Waals surface area contributed by atoms with Gasteiger partial charge in [0.05, 0.1) is 16.2 Å². The summed E-state index contributed by atoms with van der Waals surface area (Å²) in [5.74, 6) is -0.172. The molecule has 136 valence electrons. The number of anilines is 2. The van der Waals surface area contributed by atoms with E-state index in [-0.39, 0.29) is 11.4 Å². The van der Waals surface area contributed by atoms with E-state index < -0.39 is 17.3 Å². The molecule has 0 bridgehead atoms. The summed E-state index contributed by atoms with van der Waals surface area (Å²) in [5, 5.41) is 3.43. The Bertz CT molecular complexity index is 907. The van der Waals surface area contributed by atoms with Crippen LogP contribution in [-0.2, 0) is 5.54 Å². The number of hydrogen-bond acceptors (Lipinski definition) is 6. The van der Waals surface area contributed by atoms with Gasteiger partial charge in [0.2, 0.25) is 0 Å². The van der Waals surface area contributed by atoms with Crippen molar-refractivity contribution >= 4 is 45.8 Å². The first-order chi connectivity index (χ1) is 12.3. The number of carbonyl (C=O) groups excluding carboxylic acids is 1. The summed E-state index contributed by atoms with van der Waals surface area (Å²) in [7, 11) is 0. The van der Waals surface area contributed by atoms with E-state index in [1.807, 2.05) is 6.92 Å². The maximum absolute atomic E-state index is 14.4. The molecule has 1 aliphatic rings. The summed E-state index contributed by atoms with van der Waals surface area (Å²) in [6.07, 6.45) is 1.97. The van der Waals surface area contributed by atoms with Crippen molar-refractivity contribution in [1.29, 1.82) is 0 Å². The number of carbonyl (C=O) groups is 1. The van der Waals surface area contributed by atoms with Crippen molar-refractivity contribution in [2.24, 2.45) is 10.7 Å². The van der Waals surface area contributed by atoms with Crippen LogP contribution in [-0.4, -0.2) is 21.8 Å². The Morgan fingerprint density at radius 2 is 2.15 bits per heavy atom. The summed E-state index contributed by atoms with van der Waals surface area (Å²) in [6, 6.07) is 5.77. The maximum Gasteiger partial charge on any atom is 0.276 e. The van der Waals surface area contributed by atoms with Gasteiger partial charge in [0.25, 0.3) is 5.91 Å². The number of benzene rings is 1. The van der Waals surface area contributed by atoms with Crippen molar-refractivity contribution in [2.45, 2.75) is 18.9 Å². The number of nitrogens with two attached hydrogens (primary N) is 2. The summed E-state index contributed by atoms with van der Waals surface area (Å²) in [6.45, 7) is 1.82. The van der Waals surface area contributed by atoms with E-state index in [1.165, 1.54) is 36.2 Å². The minimum atomic E-state index is -0.780. The number of nitrogens with zero attached hydrogens (tertiary/aromatic N) is 2. The topological polar surface area (TPSA) is 106 Å². The molecular weight excluding hydrogens is 377 g/mol. The molecule has 1 aliphatic heterocycles. The molecule has 0 spiro atoms. The van der Waals surface area contributed by atoms with Crippen LogP contribution in [0.25, 0.3) is 0 Å². The van der Waals surface area contributed by atoms with Crippen LogP contribution in [0.15, 0.2) is 35.5 Å². The van der Waals surface area contributed by atoms with Crippen LogP contribution in [0, 0.1) is 5.82 Å². The molecule has 6 nitrogen and oxygen atoms in total. The molecule has 1 aromatic carbocycles. The summed E-state index contributed by atoms with van der Waals surface area (Å²) in [4.78, 5) is 20.8. The van der Waals surface area contributed by atoms with Gasteiger partial charge in [-0.25, -0.2) is 9.37 Å². The predicted molar refractivity (Wildman–Crippen MR) is 104 cm³/mol. The molecule has 0 saturated carbocycles. The third kappa shape index (κ3) is 3.76. The fourth-order valence-electron chi connectivity index (χ4n) is 2.73. The number of amides is 1. The Hall–Kier alpha value is -2.32. The number of hydrogen-bond donors (Lipinski definition) is 3. The molecule has 3 rings (SSSR count). The van der Waals surface area contributed by atoms with Crippen LogP contribution < -0.4 is 16.8 Å². The Labute approximate surface area is 159 Å². The third-order valence-corrected chi connectivity index (χ3v) is 5.10. The Morgan fingerprint density at radius 3 is 2.85 bits per heavy atom. The fraction of sp³-hybridized carbons (Fsp3) is 0.235. The van der Waals surface area contributed by atoms with Crippen molar-refractivity contribution in [1.82, 2.24) is 4.98 Å². The highest BCUT2D eigenvalue weighted by molar-refractivity contribution is 8.13. The molecular formula is C17H17ClFN5OS. The number of thioether (sulfide) groups is 1. The lowest BCUT2D eigenvalue weighted by atomic mass is 9.89. The Balaban J connectivity index is 1.90. The fourth-order valence-corrected chi connectivity index (χ4v) is 3.87. The van der Waals surface area contributed by atoms with Crippen LogP contribution in [0.2, 0.25) is 5.02 Å². The van der Waals surface area contributed by atoms with Gasteiger partial charge < -0.3 is 16.8 Å². The number of nitrogens with one attached hydrogen (secondary N) is 1. The zero-order chi connectivity index (χ0) is 18.9. The lowest BCUT2D eigenvalue weighted by molar-refractivity contribution is 0.102. The smallest absolute Gasteiger partial charge is 0.276 e. The van der Waals surface area contributed by atoms with E-state index in [2.05, 4.69) is 15.3 Å². The van der Waals surface area contributed by atoms with Crippen molar-refractivity contribution in [3.8, 4) is 0 Å². The van der Waals surface area contributed by atoms with Gasteiger partial charge in [-0.05, 0) is 37.6 Å². The van der Waals surface area contributed by atoms with Crippen molar-refractivity contribution in [3.63, 3.8) is 0 Å². The second kappa shape index (κ2) is 7.13. The minimum Gasteiger partial charge on any atom is -0.397 e. The van der Waals surface area contributed by atoms with E-state index in [1.54, 1.807) is 6.07 Å². The molecule has 0 radical (unpaired) electrons. The predicted octanol–water partition coefficient (Wildman–Crippen LogP) is 3.38. The van der Waals surface area contributed by atoms with Gasteiger partial charge in [-0.15, -0.1) is 0 Å².